The van der Waals surface area contributed by atoms with Gasteiger partial charge in [0.25, 0.3) is 0 Å². The van der Waals surface area contributed by atoms with E-state index in [1.807, 2.05) is 0 Å². The van der Waals surface area contributed by atoms with E-state index >= 15 is 0 Å². The van der Waals surface area contributed by atoms with Gasteiger partial charge in [-0.2, -0.15) is 0 Å². The summed E-state index contributed by atoms with van der Waals surface area (Å²) >= 11 is 0. The number of hydrogen-bond donors (Lipinski definition) is 1. The van der Waals surface area contributed by atoms with E-state index in [1.165, 1.54) is 16.4 Å². The van der Waals surface area contributed by atoms with Gasteiger partial charge in [-0.15, -0.1) is 0 Å². The zero-order chi connectivity index (χ0) is 12.8. The maximum atomic E-state index is 3.59. The number of anilines is 1. The van der Waals surface area contributed by atoms with Crippen molar-refractivity contribution >= 4 is 21.1 Å². The van der Waals surface area contributed by atoms with Crippen molar-refractivity contribution in [2.75, 3.05) is 25.1 Å². The number of rotatable bonds is 6. The molecule has 0 atom stereocenters. The summed E-state index contributed by atoms with van der Waals surface area (Å²) in [6.45, 7) is 12.1. The molecule has 0 aliphatic carbocycles. The zero-order valence-electron chi connectivity index (χ0n) is 11.9. The SMILES string of the molecule is CCN(CC)CNc1cccc([SiH3])c1C(C)C. The maximum absolute atomic E-state index is 3.59. The Hall–Kier alpha value is -0.803. The molecule has 0 radical (unpaired) electrons. The zero-order valence-corrected chi connectivity index (χ0v) is 13.9. The summed E-state index contributed by atoms with van der Waals surface area (Å²) in [6, 6.07) is 6.63. The molecule has 0 fully saturated rings. The highest BCUT2D eigenvalue weighted by atomic mass is 28.1. The Balaban J connectivity index is 2.80. The summed E-state index contributed by atoms with van der Waals surface area (Å²) in [6.07, 6.45) is 0. The van der Waals surface area contributed by atoms with Crippen LogP contribution in [-0.2, 0) is 0 Å². The van der Waals surface area contributed by atoms with Gasteiger partial charge in [-0.3, -0.25) is 4.90 Å². The van der Waals surface area contributed by atoms with Gasteiger partial charge in [-0.25, -0.2) is 0 Å². The smallest absolute Gasteiger partial charge is 0.0678 e. The Morgan fingerprint density at radius 1 is 1.24 bits per heavy atom. The lowest BCUT2D eigenvalue weighted by Gasteiger charge is -2.22. The number of nitrogens with one attached hydrogen (secondary N) is 1. The summed E-state index contributed by atoms with van der Waals surface area (Å²) < 4.78 is 0. The summed E-state index contributed by atoms with van der Waals surface area (Å²) in [5.41, 5.74) is 2.82. The van der Waals surface area contributed by atoms with Gasteiger partial charge in [0.1, 0.15) is 0 Å². The standard InChI is InChI=1S/C14H26N2Si/c1-5-16(6-2)10-15-12-8-7-9-13(17)14(12)11(3)4/h7-9,11,15H,5-6,10H2,1-4,17H3. The van der Waals surface area contributed by atoms with Crippen LogP contribution in [0.1, 0.15) is 39.2 Å². The summed E-state index contributed by atoms with van der Waals surface area (Å²) in [4.78, 5) is 2.39. The largest absolute Gasteiger partial charge is 0.372 e. The van der Waals surface area contributed by atoms with Gasteiger partial charge < -0.3 is 5.32 Å². The average molecular weight is 250 g/mol. The van der Waals surface area contributed by atoms with Crippen molar-refractivity contribution in [3.8, 4) is 0 Å². The Bertz CT molecular complexity index is 346. The molecule has 0 amide bonds. The Kier molecular flexibility index (Phi) is 5.72. The first-order valence-electron chi connectivity index (χ1n) is 6.65. The third-order valence-electron chi connectivity index (χ3n) is 3.29. The van der Waals surface area contributed by atoms with Crippen molar-refractivity contribution in [2.45, 2.75) is 33.6 Å². The minimum Gasteiger partial charge on any atom is -0.372 e. The second kappa shape index (κ2) is 6.82. The van der Waals surface area contributed by atoms with Gasteiger partial charge in [0.15, 0.2) is 0 Å². The maximum Gasteiger partial charge on any atom is 0.0678 e. The molecule has 0 saturated heterocycles. The molecule has 0 unspecified atom stereocenters. The summed E-state index contributed by atoms with van der Waals surface area (Å²) in [7, 11) is 1.12. The normalized spacial score (nSPS) is 11.4. The molecule has 1 N–H and O–H groups in total. The number of hydrogen-bond acceptors (Lipinski definition) is 2. The fraction of sp³-hybridized carbons (Fsp3) is 0.571. The third-order valence-corrected chi connectivity index (χ3v) is 4.16. The molecule has 1 rings (SSSR count). The van der Waals surface area contributed by atoms with Gasteiger partial charge in [0, 0.05) is 15.9 Å². The summed E-state index contributed by atoms with van der Waals surface area (Å²) in [5, 5.41) is 5.10. The predicted molar refractivity (Wildman–Crippen MR) is 81.5 cm³/mol. The minimum atomic E-state index is 0.600. The molecule has 96 valence electrons. The molecule has 17 heavy (non-hydrogen) atoms. The van der Waals surface area contributed by atoms with E-state index in [0.717, 1.165) is 30.0 Å². The van der Waals surface area contributed by atoms with Crippen LogP contribution < -0.4 is 10.5 Å². The van der Waals surface area contributed by atoms with Crippen molar-refractivity contribution in [3.05, 3.63) is 23.8 Å². The third kappa shape index (κ3) is 3.86. The molecule has 3 heteroatoms. The van der Waals surface area contributed by atoms with E-state index in [4.69, 9.17) is 0 Å². The second-order valence-corrected chi connectivity index (χ2v) is 5.91. The van der Waals surface area contributed by atoms with Crippen LogP contribution in [-0.4, -0.2) is 34.9 Å². The molecule has 0 bridgehead atoms. The van der Waals surface area contributed by atoms with Crippen LogP contribution in [0, 0.1) is 0 Å². The lowest BCUT2D eigenvalue weighted by Crippen LogP contribution is -2.29. The van der Waals surface area contributed by atoms with Crippen LogP contribution in [0.15, 0.2) is 18.2 Å². The van der Waals surface area contributed by atoms with Crippen molar-refractivity contribution in [1.29, 1.82) is 0 Å². The molecule has 0 saturated carbocycles. The molecule has 1 aromatic carbocycles. The van der Waals surface area contributed by atoms with E-state index < -0.39 is 0 Å². The van der Waals surface area contributed by atoms with Gasteiger partial charge in [-0.05, 0) is 30.6 Å². The van der Waals surface area contributed by atoms with Crippen LogP contribution in [0.25, 0.3) is 0 Å². The van der Waals surface area contributed by atoms with Crippen molar-refractivity contribution in [3.63, 3.8) is 0 Å². The first-order chi connectivity index (χ1) is 8.10. The van der Waals surface area contributed by atoms with Crippen molar-refractivity contribution < 1.29 is 0 Å². The van der Waals surface area contributed by atoms with Crippen LogP contribution in [0.2, 0.25) is 0 Å². The lowest BCUT2D eigenvalue weighted by atomic mass is 10.0. The average Bonchev–Trinajstić information content (AvgIpc) is 2.29. The van der Waals surface area contributed by atoms with E-state index in [2.05, 4.69) is 56.1 Å². The highest BCUT2D eigenvalue weighted by Gasteiger charge is 2.09. The number of nitrogens with zero attached hydrogens (tertiary/aromatic N) is 1. The van der Waals surface area contributed by atoms with E-state index in [0.29, 0.717) is 5.92 Å². The highest BCUT2D eigenvalue weighted by molar-refractivity contribution is 6.33. The fourth-order valence-corrected chi connectivity index (χ4v) is 3.28. The predicted octanol–water partition coefficient (Wildman–Crippen LogP) is 1.51. The first kappa shape index (κ1) is 14.3. The Morgan fingerprint density at radius 2 is 1.88 bits per heavy atom. The molecule has 0 aromatic heterocycles. The van der Waals surface area contributed by atoms with Crippen LogP contribution >= 0.6 is 0 Å². The van der Waals surface area contributed by atoms with Crippen molar-refractivity contribution in [2.24, 2.45) is 0 Å². The Morgan fingerprint density at radius 3 is 2.41 bits per heavy atom. The van der Waals surface area contributed by atoms with Crippen LogP contribution in [0.3, 0.4) is 0 Å². The molecule has 1 aromatic rings. The number of benzene rings is 1. The van der Waals surface area contributed by atoms with Crippen LogP contribution in [0.5, 0.6) is 0 Å². The van der Waals surface area contributed by atoms with E-state index in [1.54, 1.807) is 0 Å². The molecular formula is C14H26N2Si. The Labute approximate surface area is 109 Å². The molecule has 0 heterocycles. The molecule has 0 aliphatic rings. The highest BCUT2D eigenvalue weighted by Crippen LogP contribution is 2.21. The molecule has 2 nitrogen and oxygen atoms in total. The fourth-order valence-electron chi connectivity index (χ4n) is 2.25. The van der Waals surface area contributed by atoms with E-state index in [9.17, 15) is 0 Å². The van der Waals surface area contributed by atoms with Gasteiger partial charge in [0.2, 0.25) is 0 Å². The summed E-state index contributed by atoms with van der Waals surface area (Å²) in [5.74, 6) is 0.600. The second-order valence-electron chi connectivity index (χ2n) is 4.83. The minimum absolute atomic E-state index is 0.600. The first-order valence-corrected chi connectivity index (χ1v) is 7.65. The monoisotopic (exact) mass is 250 g/mol. The topological polar surface area (TPSA) is 15.3 Å². The lowest BCUT2D eigenvalue weighted by molar-refractivity contribution is 0.326. The quantitative estimate of drug-likeness (QED) is 0.608. The van der Waals surface area contributed by atoms with Gasteiger partial charge in [-0.1, -0.05) is 45.0 Å². The molecule has 0 spiro atoms. The van der Waals surface area contributed by atoms with Gasteiger partial charge in [0.05, 0.1) is 6.67 Å². The van der Waals surface area contributed by atoms with Crippen molar-refractivity contribution in [1.82, 2.24) is 4.90 Å². The van der Waals surface area contributed by atoms with Crippen LogP contribution in [0.4, 0.5) is 5.69 Å². The molecule has 0 aliphatic heterocycles. The van der Waals surface area contributed by atoms with Gasteiger partial charge >= 0.3 is 0 Å². The van der Waals surface area contributed by atoms with E-state index in [-0.39, 0.29) is 0 Å². The molecular weight excluding hydrogens is 224 g/mol.